The number of benzene rings is 1. The van der Waals surface area contributed by atoms with Gasteiger partial charge in [0.25, 0.3) is 5.91 Å². The van der Waals surface area contributed by atoms with Gasteiger partial charge < -0.3 is 4.90 Å². The van der Waals surface area contributed by atoms with Crippen molar-refractivity contribution in [2.75, 3.05) is 7.05 Å². The van der Waals surface area contributed by atoms with Gasteiger partial charge >= 0.3 is 0 Å². The van der Waals surface area contributed by atoms with E-state index in [2.05, 4.69) is 4.98 Å². The molecular formula is C15H12FN3O. The molecule has 0 aliphatic carbocycles. The molecule has 0 radical (unpaired) electrons. The van der Waals surface area contributed by atoms with E-state index in [1.54, 1.807) is 25.2 Å². The zero-order chi connectivity index (χ0) is 14.5. The highest BCUT2D eigenvalue weighted by atomic mass is 19.1. The maximum atomic E-state index is 13.5. The Morgan fingerprint density at radius 3 is 2.70 bits per heavy atom. The van der Waals surface area contributed by atoms with Crippen LogP contribution in [-0.2, 0) is 6.54 Å². The number of carbonyl (C=O) groups is 1. The summed E-state index contributed by atoms with van der Waals surface area (Å²) in [6, 6.07) is 11.2. The SMILES string of the molecule is CN(Cc1ccccc1F)C(=O)c1ccc(C#N)cn1. The molecule has 1 heterocycles. The second kappa shape index (κ2) is 5.93. The van der Waals surface area contributed by atoms with E-state index in [-0.39, 0.29) is 24.0 Å². The van der Waals surface area contributed by atoms with Crippen LogP contribution in [0.15, 0.2) is 42.6 Å². The fourth-order valence-corrected chi connectivity index (χ4v) is 1.74. The lowest BCUT2D eigenvalue weighted by Crippen LogP contribution is -2.27. The summed E-state index contributed by atoms with van der Waals surface area (Å²) in [4.78, 5) is 17.4. The third-order valence-electron chi connectivity index (χ3n) is 2.82. The zero-order valence-electron chi connectivity index (χ0n) is 10.9. The van der Waals surface area contributed by atoms with Crippen molar-refractivity contribution in [3.8, 4) is 6.07 Å². The van der Waals surface area contributed by atoms with Gasteiger partial charge in [-0.3, -0.25) is 4.79 Å². The molecule has 0 aliphatic rings. The van der Waals surface area contributed by atoms with Crippen molar-refractivity contribution in [2.24, 2.45) is 0 Å². The normalized spacial score (nSPS) is 9.85. The molecule has 1 aromatic heterocycles. The Bertz CT molecular complexity index is 662. The number of nitrogens with zero attached hydrogens (tertiary/aromatic N) is 3. The average Bonchev–Trinajstić information content (AvgIpc) is 2.49. The summed E-state index contributed by atoms with van der Waals surface area (Å²) in [5.74, 6) is -0.669. The van der Waals surface area contributed by atoms with Gasteiger partial charge in [0, 0.05) is 25.4 Å². The summed E-state index contributed by atoms with van der Waals surface area (Å²) >= 11 is 0. The summed E-state index contributed by atoms with van der Waals surface area (Å²) in [5, 5.41) is 8.67. The van der Waals surface area contributed by atoms with E-state index in [0.717, 1.165) is 0 Å². The summed E-state index contributed by atoms with van der Waals surface area (Å²) in [6.07, 6.45) is 1.34. The molecule has 0 atom stereocenters. The molecule has 1 aromatic carbocycles. The smallest absolute Gasteiger partial charge is 0.272 e. The largest absolute Gasteiger partial charge is 0.336 e. The van der Waals surface area contributed by atoms with Gasteiger partial charge in [-0.05, 0) is 18.2 Å². The van der Waals surface area contributed by atoms with Crippen LogP contribution in [0.1, 0.15) is 21.6 Å². The van der Waals surface area contributed by atoms with Crippen LogP contribution in [0.5, 0.6) is 0 Å². The summed E-state index contributed by atoms with van der Waals surface area (Å²) in [5.41, 5.74) is 1.05. The number of aromatic nitrogens is 1. The fraction of sp³-hybridized carbons (Fsp3) is 0.133. The standard InChI is InChI=1S/C15H12FN3O/c1-19(10-12-4-2-3-5-13(12)16)15(20)14-7-6-11(8-17)9-18-14/h2-7,9H,10H2,1H3. The maximum Gasteiger partial charge on any atom is 0.272 e. The van der Waals surface area contributed by atoms with Crippen LogP contribution in [0.2, 0.25) is 0 Å². The molecule has 2 aromatic rings. The van der Waals surface area contributed by atoms with Crippen molar-refractivity contribution in [3.63, 3.8) is 0 Å². The highest BCUT2D eigenvalue weighted by Crippen LogP contribution is 2.11. The van der Waals surface area contributed by atoms with E-state index in [1.165, 1.54) is 29.3 Å². The van der Waals surface area contributed by atoms with Crippen molar-refractivity contribution in [1.29, 1.82) is 5.26 Å². The van der Waals surface area contributed by atoms with Crippen molar-refractivity contribution < 1.29 is 9.18 Å². The molecule has 2 rings (SSSR count). The Hall–Kier alpha value is -2.74. The number of pyridine rings is 1. The molecule has 4 nitrogen and oxygen atoms in total. The molecule has 20 heavy (non-hydrogen) atoms. The molecule has 5 heteroatoms. The van der Waals surface area contributed by atoms with Crippen LogP contribution in [-0.4, -0.2) is 22.8 Å². The Morgan fingerprint density at radius 1 is 1.35 bits per heavy atom. The van der Waals surface area contributed by atoms with E-state index in [1.807, 2.05) is 6.07 Å². The van der Waals surface area contributed by atoms with Crippen molar-refractivity contribution in [3.05, 3.63) is 65.2 Å². The Labute approximate surface area is 116 Å². The van der Waals surface area contributed by atoms with Gasteiger partial charge in [-0.2, -0.15) is 5.26 Å². The predicted molar refractivity (Wildman–Crippen MR) is 71.1 cm³/mol. The molecule has 0 saturated carbocycles. The molecule has 0 N–H and O–H groups in total. The van der Waals surface area contributed by atoms with Crippen molar-refractivity contribution in [2.45, 2.75) is 6.54 Å². The number of hydrogen-bond acceptors (Lipinski definition) is 3. The number of carbonyl (C=O) groups excluding carboxylic acids is 1. The van der Waals surface area contributed by atoms with Crippen LogP contribution >= 0.6 is 0 Å². The summed E-state index contributed by atoms with van der Waals surface area (Å²) in [7, 11) is 1.58. The molecule has 0 unspecified atom stereocenters. The highest BCUT2D eigenvalue weighted by molar-refractivity contribution is 5.92. The molecule has 0 aliphatic heterocycles. The van der Waals surface area contributed by atoms with Crippen LogP contribution in [0.3, 0.4) is 0 Å². The monoisotopic (exact) mass is 269 g/mol. The summed E-state index contributed by atoms with van der Waals surface area (Å²) < 4.78 is 13.5. The number of halogens is 1. The Kier molecular flexibility index (Phi) is 4.06. The van der Waals surface area contributed by atoms with Gasteiger partial charge in [0.1, 0.15) is 17.6 Å². The van der Waals surface area contributed by atoms with Crippen molar-refractivity contribution >= 4 is 5.91 Å². The lowest BCUT2D eigenvalue weighted by atomic mass is 10.2. The topological polar surface area (TPSA) is 57.0 Å². The van der Waals surface area contributed by atoms with Gasteiger partial charge in [-0.25, -0.2) is 9.37 Å². The minimum absolute atomic E-state index is 0.160. The van der Waals surface area contributed by atoms with Gasteiger partial charge in [0.05, 0.1) is 5.56 Å². The molecule has 1 amide bonds. The third kappa shape index (κ3) is 2.98. The van der Waals surface area contributed by atoms with Crippen LogP contribution in [0, 0.1) is 17.1 Å². The van der Waals surface area contributed by atoms with E-state index in [4.69, 9.17) is 5.26 Å². The van der Waals surface area contributed by atoms with Crippen LogP contribution < -0.4 is 0 Å². The maximum absolute atomic E-state index is 13.5. The van der Waals surface area contributed by atoms with Gasteiger partial charge in [-0.1, -0.05) is 18.2 Å². The first kappa shape index (κ1) is 13.7. The number of rotatable bonds is 3. The van der Waals surface area contributed by atoms with Gasteiger partial charge in [0.2, 0.25) is 0 Å². The second-order valence-electron chi connectivity index (χ2n) is 4.30. The van der Waals surface area contributed by atoms with Crippen LogP contribution in [0.25, 0.3) is 0 Å². The van der Waals surface area contributed by atoms with E-state index in [0.29, 0.717) is 11.1 Å². The number of amides is 1. The highest BCUT2D eigenvalue weighted by Gasteiger charge is 2.14. The van der Waals surface area contributed by atoms with Gasteiger partial charge in [-0.15, -0.1) is 0 Å². The fourth-order valence-electron chi connectivity index (χ4n) is 1.74. The van der Waals surface area contributed by atoms with Crippen LogP contribution in [0.4, 0.5) is 4.39 Å². The molecular weight excluding hydrogens is 257 g/mol. The third-order valence-corrected chi connectivity index (χ3v) is 2.82. The average molecular weight is 269 g/mol. The Morgan fingerprint density at radius 2 is 2.10 bits per heavy atom. The molecule has 0 bridgehead atoms. The van der Waals surface area contributed by atoms with E-state index < -0.39 is 0 Å². The number of nitriles is 1. The van der Waals surface area contributed by atoms with Crippen molar-refractivity contribution in [1.82, 2.24) is 9.88 Å². The van der Waals surface area contributed by atoms with E-state index >= 15 is 0 Å². The molecule has 100 valence electrons. The minimum atomic E-state index is -0.347. The quantitative estimate of drug-likeness (QED) is 0.859. The first-order valence-corrected chi connectivity index (χ1v) is 5.97. The lowest BCUT2D eigenvalue weighted by Gasteiger charge is -2.17. The lowest BCUT2D eigenvalue weighted by molar-refractivity contribution is 0.0778. The molecule has 0 spiro atoms. The van der Waals surface area contributed by atoms with E-state index in [9.17, 15) is 9.18 Å². The number of hydrogen-bond donors (Lipinski definition) is 0. The summed E-state index contributed by atoms with van der Waals surface area (Å²) in [6.45, 7) is 0.160. The predicted octanol–water partition coefficient (Wildman–Crippen LogP) is 2.36. The van der Waals surface area contributed by atoms with Gasteiger partial charge in [0.15, 0.2) is 0 Å². The Balaban J connectivity index is 2.12. The second-order valence-corrected chi connectivity index (χ2v) is 4.30. The minimum Gasteiger partial charge on any atom is -0.336 e. The molecule has 0 fully saturated rings. The first-order valence-electron chi connectivity index (χ1n) is 5.97. The first-order chi connectivity index (χ1) is 9.61. The molecule has 0 saturated heterocycles. The zero-order valence-corrected chi connectivity index (χ0v) is 10.9.